The predicted molar refractivity (Wildman–Crippen MR) is 71.8 cm³/mol. The molecule has 21 heavy (non-hydrogen) atoms. The van der Waals surface area contributed by atoms with Crippen LogP contribution in [0.3, 0.4) is 0 Å². The molecule has 7 nitrogen and oxygen atoms in total. The summed E-state index contributed by atoms with van der Waals surface area (Å²) >= 11 is 0. The Labute approximate surface area is 121 Å². The smallest absolute Gasteiger partial charge is 0.289 e. The molecule has 0 spiro atoms. The summed E-state index contributed by atoms with van der Waals surface area (Å²) in [5, 5.41) is 3.62. The standard InChI is InChI=1S/C14H15N3O4/c1-10-11(9-15-21-10)13(18)16-4-6-17(7-5-16)14(19)12-3-2-8-20-12/h2-3,8-9H,4-7H2,1H3. The van der Waals surface area contributed by atoms with Gasteiger partial charge in [0.15, 0.2) is 5.76 Å². The molecule has 3 rings (SSSR count). The van der Waals surface area contributed by atoms with E-state index in [0.717, 1.165) is 0 Å². The fraction of sp³-hybridized carbons (Fsp3) is 0.357. The molecule has 0 saturated carbocycles. The third kappa shape index (κ3) is 2.54. The molecule has 0 atom stereocenters. The van der Waals surface area contributed by atoms with Gasteiger partial charge >= 0.3 is 0 Å². The van der Waals surface area contributed by atoms with Crippen molar-refractivity contribution in [3.63, 3.8) is 0 Å². The van der Waals surface area contributed by atoms with Gasteiger partial charge in [0.25, 0.3) is 11.8 Å². The van der Waals surface area contributed by atoms with Gasteiger partial charge in [0.05, 0.1) is 12.5 Å². The van der Waals surface area contributed by atoms with Crippen LogP contribution in [0.25, 0.3) is 0 Å². The van der Waals surface area contributed by atoms with Crippen molar-refractivity contribution < 1.29 is 18.5 Å². The first-order valence-corrected chi connectivity index (χ1v) is 6.70. The van der Waals surface area contributed by atoms with E-state index in [4.69, 9.17) is 8.94 Å². The lowest BCUT2D eigenvalue weighted by Gasteiger charge is -2.34. The lowest BCUT2D eigenvalue weighted by molar-refractivity contribution is 0.0517. The van der Waals surface area contributed by atoms with Gasteiger partial charge in [0, 0.05) is 26.2 Å². The quantitative estimate of drug-likeness (QED) is 0.829. The van der Waals surface area contributed by atoms with Crippen molar-refractivity contribution in [2.45, 2.75) is 6.92 Å². The van der Waals surface area contributed by atoms with Gasteiger partial charge < -0.3 is 18.7 Å². The average molecular weight is 289 g/mol. The lowest BCUT2D eigenvalue weighted by Crippen LogP contribution is -2.50. The highest BCUT2D eigenvalue weighted by molar-refractivity contribution is 5.95. The molecule has 1 fully saturated rings. The normalized spacial score (nSPS) is 15.3. The molecule has 1 aliphatic rings. The fourth-order valence-corrected chi connectivity index (χ4v) is 2.34. The number of hydrogen-bond donors (Lipinski definition) is 0. The molecule has 0 aliphatic carbocycles. The zero-order valence-electron chi connectivity index (χ0n) is 11.6. The van der Waals surface area contributed by atoms with Crippen LogP contribution in [0.2, 0.25) is 0 Å². The summed E-state index contributed by atoms with van der Waals surface area (Å²) in [7, 11) is 0. The molecule has 2 aromatic heterocycles. The lowest BCUT2D eigenvalue weighted by atomic mass is 10.2. The van der Waals surface area contributed by atoms with Gasteiger partial charge in [-0.2, -0.15) is 0 Å². The molecule has 0 unspecified atom stereocenters. The number of aryl methyl sites for hydroxylation is 1. The van der Waals surface area contributed by atoms with E-state index in [0.29, 0.717) is 43.3 Å². The maximum Gasteiger partial charge on any atom is 0.289 e. The number of amides is 2. The van der Waals surface area contributed by atoms with Crippen LogP contribution < -0.4 is 0 Å². The van der Waals surface area contributed by atoms with E-state index in [1.54, 1.807) is 28.9 Å². The number of hydrogen-bond acceptors (Lipinski definition) is 5. The molecular formula is C14H15N3O4. The van der Waals surface area contributed by atoms with Gasteiger partial charge in [-0.25, -0.2) is 0 Å². The Morgan fingerprint density at radius 3 is 2.33 bits per heavy atom. The zero-order chi connectivity index (χ0) is 14.8. The minimum absolute atomic E-state index is 0.112. The van der Waals surface area contributed by atoms with Crippen LogP contribution in [-0.2, 0) is 0 Å². The summed E-state index contributed by atoms with van der Waals surface area (Å²) in [6.45, 7) is 3.63. The highest BCUT2D eigenvalue weighted by atomic mass is 16.5. The Morgan fingerprint density at radius 2 is 1.81 bits per heavy atom. The molecule has 0 bridgehead atoms. The van der Waals surface area contributed by atoms with Crippen molar-refractivity contribution in [2.24, 2.45) is 0 Å². The van der Waals surface area contributed by atoms with E-state index in [-0.39, 0.29) is 11.8 Å². The summed E-state index contributed by atoms with van der Waals surface area (Å²) in [4.78, 5) is 27.8. The van der Waals surface area contributed by atoms with Crippen LogP contribution in [0.5, 0.6) is 0 Å². The van der Waals surface area contributed by atoms with Crippen LogP contribution in [-0.4, -0.2) is 52.9 Å². The van der Waals surface area contributed by atoms with Crippen molar-refractivity contribution in [1.29, 1.82) is 0 Å². The van der Waals surface area contributed by atoms with E-state index in [1.807, 2.05) is 0 Å². The van der Waals surface area contributed by atoms with E-state index >= 15 is 0 Å². The Morgan fingerprint density at radius 1 is 1.14 bits per heavy atom. The van der Waals surface area contributed by atoms with Gasteiger partial charge in [-0.05, 0) is 19.1 Å². The molecule has 7 heteroatoms. The highest BCUT2D eigenvalue weighted by Gasteiger charge is 2.27. The average Bonchev–Trinajstić information content (AvgIpc) is 3.17. The van der Waals surface area contributed by atoms with Gasteiger partial charge in [0.1, 0.15) is 11.3 Å². The Kier molecular flexibility index (Phi) is 3.47. The number of rotatable bonds is 2. The first-order chi connectivity index (χ1) is 10.2. The van der Waals surface area contributed by atoms with E-state index in [9.17, 15) is 9.59 Å². The van der Waals surface area contributed by atoms with Crippen LogP contribution in [0.1, 0.15) is 26.7 Å². The highest BCUT2D eigenvalue weighted by Crippen LogP contribution is 2.14. The number of nitrogens with zero attached hydrogens (tertiary/aromatic N) is 3. The minimum atomic E-state index is -0.145. The molecular weight excluding hydrogens is 274 g/mol. The summed E-state index contributed by atoms with van der Waals surface area (Å²) in [6.07, 6.45) is 2.90. The van der Waals surface area contributed by atoms with Crippen LogP contribution in [0.15, 0.2) is 33.5 Å². The maximum atomic E-state index is 12.3. The molecule has 3 heterocycles. The van der Waals surface area contributed by atoms with Crippen LogP contribution >= 0.6 is 0 Å². The third-order valence-corrected chi connectivity index (χ3v) is 3.57. The van der Waals surface area contributed by atoms with Gasteiger partial charge in [-0.1, -0.05) is 5.16 Å². The number of carbonyl (C=O) groups is 2. The molecule has 0 aromatic carbocycles. The molecule has 110 valence electrons. The second-order valence-electron chi connectivity index (χ2n) is 4.86. The Hall–Kier alpha value is -2.57. The molecule has 0 radical (unpaired) electrons. The number of furan rings is 1. The van der Waals surface area contributed by atoms with Crippen molar-refractivity contribution in [1.82, 2.24) is 15.0 Å². The second-order valence-corrected chi connectivity index (χ2v) is 4.86. The van der Waals surface area contributed by atoms with Crippen LogP contribution in [0, 0.1) is 6.92 Å². The third-order valence-electron chi connectivity index (χ3n) is 3.57. The zero-order valence-corrected chi connectivity index (χ0v) is 11.6. The largest absolute Gasteiger partial charge is 0.459 e. The van der Waals surface area contributed by atoms with E-state index < -0.39 is 0 Å². The molecule has 2 amide bonds. The topological polar surface area (TPSA) is 79.8 Å². The molecule has 0 N–H and O–H groups in total. The van der Waals surface area contributed by atoms with Crippen molar-refractivity contribution in [3.05, 3.63) is 41.7 Å². The second kappa shape index (κ2) is 5.43. The Balaban J connectivity index is 1.62. The first kappa shape index (κ1) is 13.4. The number of piperazine rings is 1. The van der Waals surface area contributed by atoms with Crippen LogP contribution in [0.4, 0.5) is 0 Å². The van der Waals surface area contributed by atoms with Gasteiger partial charge in [0.2, 0.25) is 0 Å². The van der Waals surface area contributed by atoms with E-state index in [2.05, 4.69) is 5.16 Å². The predicted octanol–water partition coefficient (Wildman–Crippen LogP) is 1.17. The minimum Gasteiger partial charge on any atom is -0.459 e. The first-order valence-electron chi connectivity index (χ1n) is 6.70. The summed E-state index contributed by atoms with van der Waals surface area (Å²) in [5.74, 6) is 0.575. The van der Waals surface area contributed by atoms with Crippen molar-refractivity contribution in [3.8, 4) is 0 Å². The molecule has 1 aliphatic heterocycles. The van der Waals surface area contributed by atoms with Gasteiger partial charge in [-0.3, -0.25) is 9.59 Å². The number of aromatic nitrogens is 1. The summed E-state index contributed by atoms with van der Waals surface area (Å²) in [5.41, 5.74) is 0.473. The monoisotopic (exact) mass is 289 g/mol. The Bertz CT molecular complexity index is 639. The summed E-state index contributed by atoms with van der Waals surface area (Å²) < 4.78 is 10.0. The summed E-state index contributed by atoms with van der Waals surface area (Å²) in [6, 6.07) is 3.32. The molecule has 2 aromatic rings. The fourth-order valence-electron chi connectivity index (χ4n) is 2.34. The maximum absolute atomic E-state index is 12.3. The van der Waals surface area contributed by atoms with Gasteiger partial charge in [-0.15, -0.1) is 0 Å². The molecule has 1 saturated heterocycles. The SMILES string of the molecule is Cc1oncc1C(=O)N1CCN(C(=O)c2ccco2)CC1. The number of carbonyl (C=O) groups excluding carboxylic acids is 2. The van der Waals surface area contributed by atoms with Crippen molar-refractivity contribution in [2.75, 3.05) is 26.2 Å². The van der Waals surface area contributed by atoms with Crippen molar-refractivity contribution >= 4 is 11.8 Å². The van der Waals surface area contributed by atoms with E-state index in [1.165, 1.54) is 12.5 Å².